The van der Waals surface area contributed by atoms with Crippen LogP contribution in [-0.4, -0.2) is 11.4 Å². The van der Waals surface area contributed by atoms with E-state index in [-0.39, 0.29) is 6.61 Å². The van der Waals surface area contributed by atoms with Crippen LogP contribution in [0.3, 0.4) is 0 Å². The summed E-state index contributed by atoms with van der Waals surface area (Å²) in [7, 11) is 3.37. The van der Waals surface area contributed by atoms with Crippen molar-refractivity contribution in [3.05, 3.63) is 29.8 Å². The van der Waals surface area contributed by atoms with Crippen LogP contribution in [0.1, 0.15) is 5.56 Å². The summed E-state index contributed by atoms with van der Waals surface area (Å²) in [4.78, 5) is 1.16. The van der Waals surface area contributed by atoms with Crippen molar-refractivity contribution >= 4 is 21.6 Å². The van der Waals surface area contributed by atoms with E-state index in [1.54, 1.807) is 21.6 Å². The Hall–Kier alpha value is -0.120. The van der Waals surface area contributed by atoms with Gasteiger partial charge in [-0.2, -0.15) is 0 Å². The number of benzene rings is 1. The molecule has 1 aromatic rings. The molecule has 1 aromatic carbocycles. The fourth-order valence-electron chi connectivity index (χ4n) is 0.806. The van der Waals surface area contributed by atoms with Gasteiger partial charge in [-0.25, -0.2) is 0 Å². The van der Waals surface area contributed by atoms with Crippen molar-refractivity contribution in [3.63, 3.8) is 0 Å². The van der Waals surface area contributed by atoms with Crippen molar-refractivity contribution in [2.24, 2.45) is 0 Å². The summed E-state index contributed by atoms with van der Waals surface area (Å²) in [5.74, 6) is 0. The minimum atomic E-state index is 0.129. The van der Waals surface area contributed by atoms with Crippen LogP contribution in [0.4, 0.5) is 0 Å². The van der Waals surface area contributed by atoms with E-state index in [1.807, 2.05) is 30.5 Å². The van der Waals surface area contributed by atoms with Gasteiger partial charge >= 0.3 is 0 Å². The van der Waals surface area contributed by atoms with Gasteiger partial charge in [0.1, 0.15) is 0 Å². The molecule has 1 N–H and O–H groups in total. The standard InChI is InChI=1S/C8H10OS2/c1-10-11-8-5-3-2-4-7(8)6-9/h2-5,9H,6H2,1H3. The monoisotopic (exact) mass is 186 g/mol. The predicted molar refractivity (Wildman–Crippen MR) is 51.7 cm³/mol. The zero-order valence-corrected chi connectivity index (χ0v) is 7.91. The Morgan fingerprint density at radius 3 is 2.73 bits per heavy atom. The van der Waals surface area contributed by atoms with Gasteiger partial charge in [0.25, 0.3) is 0 Å². The maximum atomic E-state index is 8.92. The highest BCUT2D eigenvalue weighted by Crippen LogP contribution is 2.30. The lowest BCUT2D eigenvalue weighted by Crippen LogP contribution is -1.84. The largest absolute Gasteiger partial charge is 0.392 e. The van der Waals surface area contributed by atoms with Crippen molar-refractivity contribution < 1.29 is 5.11 Å². The molecule has 0 radical (unpaired) electrons. The van der Waals surface area contributed by atoms with E-state index >= 15 is 0 Å². The Labute approximate surface area is 74.6 Å². The van der Waals surface area contributed by atoms with Crippen LogP contribution < -0.4 is 0 Å². The lowest BCUT2D eigenvalue weighted by molar-refractivity contribution is 0.279. The number of aliphatic hydroxyl groups is 1. The Bertz CT molecular complexity index is 225. The minimum Gasteiger partial charge on any atom is -0.392 e. The second-order valence-electron chi connectivity index (χ2n) is 2.02. The van der Waals surface area contributed by atoms with Crippen LogP contribution in [-0.2, 0) is 6.61 Å². The number of hydrogen-bond acceptors (Lipinski definition) is 3. The van der Waals surface area contributed by atoms with Crippen molar-refractivity contribution in [2.45, 2.75) is 11.5 Å². The molecule has 0 aliphatic carbocycles. The van der Waals surface area contributed by atoms with Gasteiger partial charge in [0.2, 0.25) is 0 Å². The van der Waals surface area contributed by atoms with Crippen LogP contribution >= 0.6 is 21.6 Å². The molecule has 1 rings (SSSR count). The van der Waals surface area contributed by atoms with Gasteiger partial charge < -0.3 is 5.11 Å². The summed E-state index contributed by atoms with van der Waals surface area (Å²) in [6.45, 7) is 0.129. The summed E-state index contributed by atoms with van der Waals surface area (Å²) in [6, 6.07) is 7.89. The summed E-state index contributed by atoms with van der Waals surface area (Å²) >= 11 is 0. The van der Waals surface area contributed by atoms with Gasteiger partial charge in [0.05, 0.1) is 6.61 Å². The molecule has 1 nitrogen and oxygen atoms in total. The second kappa shape index (κ2) is 4.70. The first-order chi connectivity index (χ1) is 5.38. The van der Waals surface area contributed by atoms with Crippen LogP contribution in [0.25, 0.3) is 0 Å². The Morgan fingerprint density at radius 1 is 1.36 bits per heavy atom. The van der Waals surface area contributed by atoms with Gasteiger partial charge in [-0.05, 0) is 17.9 Å². The van der Waals surface area contributed by atoms with Gasteiger partial charge in [-0.1, -0.05) is 39.8 Å². The second-order valence-corrected chi connectivity index (χ2v) is 4.46. The van der Waals surface area contributed by atoms with Crippen LogP contribution in [0, 0.1) is 0 Å². The maximum Gasteiger partial charge on any atom is 0.0693 e. The van der Waals surface area contributed by atoms with E-state index in [0.717, 1.165) is 10.5 Å². The molecular formula is C8H10OS2. The van der Waals surface area contributed by atoms with E-state index in [0.29, 0.717) is 0 Å². The van der Waals surface area contributed by atoms with Crippen LogP contribution in [0.2, 0.25) is 0 Å². The SMILES string of the molecule is CSSc1ccccc1CO. The Balaban J connectivity index is 2.83. The Morgan fingerprint density at radius 2 is 2.09 bits per heavy atom. The highest BCUT2D eigenvalue weighted by molar-refractivity contribution is 8.76. The smallest absolute Gasteiger partial charge is 0.0693 e. The van der Waals surface area contributed by atoms with E-state index in [9.17, 15) is 0 Å². The first kappa shape index (κ1) is 8.97. The number of aliphatic hydroxyl groups excluding tert-OH is 1. The average molecular weight is 186 g/mol. The average Bonchev–Trinajstić information content (AvgIpc) is 2.06. The van der Waals surface area contributed by atoms with E-state index < -0.39 is 0 Å². The molecule has 0 saturated carbocycles. The van der Waals surface area contributed by atoms with Crippen molar-refractivity contribution in [1.29, 1.82) is 0 Å². The lowest BCUT2D eigenvalue weighted by atomic mass is 10.2. The molecule has 0 bridgehead atoms. The highest BCUT2D eigenvalue weighted by Gasteiger charge is 1.98. The van der Waals surface area contributed by atoms with Crippen molar-refractivity contribution in [3.8, 4) is 0 Å². The normalized spacial score (nSPS) is 10.0. The zero-order chi connectivity index (χ0) is 8.10. The molecule has 11 heavy (non-hydrogen) atoms. The van der Waals surface area contributed by atoms with Crippen molar-refractivity contribution in [2.75, 3.05) is 6.26 Å². The van der Waals surface area contributed by atoms with E-state index in [1.165, 1.54) is 0 Å². The first-order valence-electron chi connectivity index (χ1n) is 3.28. The third kappa shape index (κ3) is 2.43. The molecule has 0 aliphatic rings. The molecule has 0 saturated heterocycles. The molecule has 60 valence electrons. The minimum absolute atomic E-state index is 0.129. The molecule has 3 heteroatoms. The Kier molecular flexibility index (Phi) is 3.83. The fraction of sp³-hybridized carbons (Fsp3) is 0.250. The molecule has 0 aliphatic heterocycles. The zero-order valence-electron chi connectivity index (χ0n) is 6.28. The highest BCUT2D eigenvalue weighted by atomic mass is 33.1. The molecule has 0 aromatic heterocycles. The molecule has 0 unspecified atom stereocenters. The molecule has 0 atom stereocenters. The van der Waals surface area contributed by atoms with Crippen molar-refractivity contribution in [1.82, 2.24) is 0 Å². The third-order valence-corrected chi connectivity index (χ3v) is 3.10. The third-order valence-electron chi connectivity index (χ3n) is 1.32. The quantitative estimate of drug-likeness (QED) is 0.733. The molecule has 0 spiro atoms. The summed E-state index contributed by atoms with van der Waals surface area (Å²) in [5.41, 5.74) is 1.01. The molecular weight excluding hydrogens is 176 g/mol. The van der Waals surface area contributed by atoms with Gasteiger partial charge in [-0.15, -0.1) is 0 Å². The number of hydrogen-bond donors (Lipinski definition) is 1. The van der Waals surface area contributed by atoms with E-state index in [2.05, 4.69) is 0 Å². The van der Waals surface area contributed by atoms with Gasteiger partial charge in [0, 0.05) is 4.90 Å². The number of rotatable bonds is 3. The van der Waals surface area contributed by atoms with Gasteiger partial charge in [0.15, 0.2) is 0 Å². The fourth-order valence-corrected chi connectivity index (χ4v) is 2.39. The predicted octanol–water partition coefficient (Wildman–Crippen LogP) is 2.55. The summed E-state index contributed by atoms with van der Waals surface area (Å²) < 4.78 is 0. The van der Waals surface area contributed by atoms with E-state index in [4.69, 9.17) is 5.11 Å². The van der Waals surface area contributed by atoms with Crippen LogP contribution in [0.15, 0.2) is 29.2 Å². The summed E-state index contributed by atoms with van der Waals surface area (Å²) in [6.07, 6.45) is 2.03. The maximum absolute atomic E-state index is 8.92. The first-order valence-corrected chi connectivity index (χ1v) is 5.83. The van der Waals surface area contributed by atoms with Gasteiger partial charge in [-0.3, -0.25) is 0 Å². The molecule has 0 heterocycles. The molecule has 0 amide bonds. The topological polar surface area (TPSA) is 20.2 Å². The lowest BCUT2D eigenvalue weighted by Gasteiger charge is -2.02. The molecule has 0 fully saturated rings. The summed E-state index contributed by atoms with van der Waals surface area (Å²) in [5, 5.41) is 8.92. The van der Waals surface area contributed by atoms with Crippen LogP contribution in [0.5, 0.6) is 0 Å².